The highest BCUT2D eigenvalue weighted by molar-refractivity contribution is 9.10. The Kier molecular flexibility index (Phi) is 5.58. The fraction of sp³-hybridized carbons (Fsp3) is 0.381. The van der Waals surface area contributed by atoms with Crippen molar-refractivity contribution in [1.29, 1.82) is 0 Å². The molecule has 1 atom stereocenters. The smallest absolute Gasteiger partial charge is 0.231 e. The summed E-state index contributed by atoms with van der Waals surface area (Å²) in [7, 11) is 0. The number of nitrogens with one attached hydrogen (secondary N) is 1. The molecule has 0 bridgehead atoms. The Labute approximate surface area is 171 Å². The molecule has 27 heavy (non-hydrogen) atoms. The SMILES string of the molecule is O=C(NC1CCSc2ccc(F)cc21)C1(c2ccc(Br)cc2)CCOCC1. The van der Waals surface area contributed by atoms with Crippen LogP contribution in [0.5, 0.6) is 0 Å². The van der Waals surface area contributed by atoms with Crippen molar-refractivity contribution in [2.24, 2.45) is 0 Å². The Hall–Kier alpha value is -1.37. The van der Waals surface area contributed by atoms with Crippen LogP contribution in [0, 0.1) is 5.82 Å². The standard InChI is InChI=1S/C21H21BrFNO2S/c22-15-3-1-14(2-4-15)21(8-10-26-11-9-21)20(25)24-18-7-12-27-19-6-5-16(23)13-17(18)19/h1-6,13,18H,7-12H2,(H,24,25). The van der Waals surface area contributed by atoms with Gasteiger partial charge in [0.15, 0.2) is 0 Å². The van der Waals surface area contributed by atoms with Crippen molar-refractivity contribution in [3.8, 4) is 0 Å². The molecule has 2 aliphatic heterocycles. The number of carbonyl (C=O) groups excluding carboxylic acids is 1. The van der Waals surface area contributed by atoms with Crippen LogP contribution >= 0.6 is 27.7 Å². The molecule has 1 amide bonds. The van der Waals surface area contributed by atoms with Crippen molar-refractivity contribution in [3.63, 3.8) is 0 Å². The van der Waals surface area contributed by atoms with Crippen molar-refractivity contribution in [2.45, 2.75) is 35.6 Å². The van der Waals surface area contributed by atoms with Gasteiger partial charge in [0, 0.05) is 28.3 Å². The van der Waals surface area contributed by atoms with E-state index in [0.717, 1.165) is 32.7 Å². The number of benzene rings is 2. The lowest BCUT2D eigenvalue weighted by molar-refractivity contribution is -0.131. The van der Waals surface area contributed by atoms with Crippen LogP contribution in [0.1, 0.15) is 36.4 Å². The maximum Gasteiger partial charge on any atom is 0.231 e. The number of hydrogen-bond acceptors (Lipinski definition) is 3. The molecule has 1 saturated heterocycles. The number of fused-ring (bicyclic) bond motifs is 1. The first-order valence-electron chi connectivity index (χ1n) is 9.15. The molecule has 0 radical (unpaired) electrons. The van der Waals surface area contributed by atoms with Gasteiger partial charge in [-0.2, -0.15) is 0 Å². The van der Waals surface area contributed by atoms with Crippen LogP contribution in [0.25, 0.3) is 0 Å². The summed E-state index contributed by atoms with van der Waals surface area (Å²) in [6.45, 7) is 1.13. The van der Waals surface area contributed by atoms with Gasteiger partial charge in [0.05, 0.1) is 11.5 Å². The van der Waals surface area contributed by atoms with Gasteiger partial charge in [-0.1, -0.05) is 28.1 Å². The van der Waals surface area contributed by atoms with Gasteiger partial charge in [-0.3, -0.25) is 4.79 Å². The van der Waals surface area contributed by atoms with Crippen molar-refractivity contribution >= 4 is 33.6 Å². The number of carbonyl (C=O) groups is 1. The number of hydrogen-bond donors (Lipinski definition) is 1. The lowest BCUT2D eigenvalue weighted by Gasteiger charge is -2.38. The van der Waals surface area contributed by atoms with Crippen molar-refractivity contribution in [2.75, 3.05) is 19.0 Å². The van der Waals surface area contributed by atoms with Crippen LogP contribution in [0.2, 0.25) is 0 Å². The summed E-state index contributed by atoms with van der Waals surface area (Å²) in [5.74, 6) is 0.669. The van der Waals surface area contributed by atoms with Crippen LogP contribution in [0.15, 0.2) is 51.8 Å². The summed E-state index contributed by atoms with van der Waals surface area (Å²) in [4.78, 5) is 14.5. The van der Waals surface area contributed by atoms with Gasteiger partial charge in [-0.05, 0) is 60.7 Å². The Morgan fingerprint density at radius 1 is 1.19 bits per heavy atom. The number of rotatable bonds is 3. The van der Waals surface area contributed by atoms with Crippen molar-refractivity contribution in [1.82, 2.24) is 5.32 Å². The summed E-state index contributed by atoms with van der Waals surface area (Å²) >= 11 is 5.18. The van der Waals surface area contributed by atoms with E-state index in [-0.39, 0.29) is 17.8 Å². The minimum absolute atomic E-state index is 0.0141. The maximum atomic E-state index is 13.8. The first-order chi connectivity index (χ1) is 13.1. The monoisotopic (exact) mass is 449 g/mol. The molecule has 1 N–H and O–H groups in total. The summed E-state index contributed by atoms with van der Waals surface area (Å²) in [6.07, 6.45) is 2.11. The average Bonchev–Trinajstić information content (AvgIpc) is 2.69. The van der Waals surface area contributed by atoms with E-state index in [1.807, 2.05) is 30.3 Å². The van der Waals surface area contributed by atoms with Crippen LogP contribution < -0.4 is 5.32 Å². The molecule has 2 aliphatic rings. The highest BCUT2D eigenvalue weighted by Crippen LogP contribution is 2.40. The van der Waals surface area contributed by atoms with Crippen LogP contribution in [-0.2, 0) is 14.9 Å². The zero-order chi connectivity index (χ0) is 18.9. The second-order valence-corrected chi connectivity index (χ2v) is 9.10. The van der Waals surface area contributed by atoms with Gasteiger partial charge < -0.3 is 10.1 Å². The van der Waals surface area contributed by atoms with E-state index in [4.69, 9.17) is 4.74 Å². The third kappa shape index (κ3) is 3.80. The molecule has 2 aromatic carbocycles. The van der Waals surface area contributed by atoms with Gasteiger partial charge in [-0.15, -0.1) is 11.8 Å². The largest absolute Gasteiger partial charge is 0.381 e. The summed E-state index contributed by atoms with van der Waals surface area (Å²) in [5, 5.41) is 3.24. The molecule has 6 heteroatoms. The van der Waals surface area contributed by atoms with E-state index in [1.165, 1.54) is 6.07 Å². The number of amides is 1. The predicted octanol–water partition coefficient (Wildman–Crippen LogP) is 4.99. The van der Waals surface area contributed by atoms with Crippen molar-refractivity contribution in [3.05, 3.63) is 63.9 Å². The molecular weight excluding hydrogens is 429 g/mol. The Morgan fingerprint density at radius 3 is 2.67 bits per heavy atom. The molecule has 4 rings (SSSR count). The second kappa shape index (κ2) is 7.94. The van der Waals surface area contributed by atoms with E-state index < -0.39 is 5.41 Å². The fourth-order valence-electron chi connectivity index (χ4n) is 3.95. The zero-order valence-electron chi connectivity index (χ0n) is 14.8. The van der Waals surface area contributed by atoms with Crippen molar-refractivity contribution < 1.29 is 13.9 Å². The minimum Gasteiger partial charge on any atom is -0.381 e. The highest BCUT2D eigenvalue weighted by atomic mass is 79.9. The Balaban J connectivity index is 1.64. The summed E-state index contributed by atoms with van der Waals surface area (Å²) in [6, 6.07) is 12.7. The third-order valence-corrected chi connectivity index (χ3v) is 7.15. The number of halogens is 2. The Bertz CT molecular complexity index is 837. The molecule has 0 aliphatic carbocycles. The molecule has 2 aromatic rings. The second-order valence-electron chi connectivity index (χ2n) is 7.05. The van der Waals surface area contributed by atoms with Gasteiger partial charge in [0.2, 0.25) is 5.91 Å². The molecule has 0 saturated carbocycles. The summed E-state index contributed by atoms with van der Waals surface area (Å²) in [5.41, 5.74) is 1.30. The normalized spacial score (nSPS) is 21.3. The van der Waals surface area contributed by atoms with Crippen LogP contribution in [0.4, 0.5) is 4.39 Å². The predicted molar refractivity (Wildman–Crippen MR) is 108 cm³/mol. The highest BCUT2D eigenvalue weighted by Gasteiger charge is 2.42. The van der Waals surface area contributed by atoms with Crippen LogP contribution in [0.3, 0.4) is 0 Å². The molecule has 0 aromatic heterocycles. The first kappa shape index (κ1) is 19.0. The van der Waals surface area contributed by atoms with E-state index in [2.05, 4.69) is 21.2 Å². The minimum atomic E-state index is -0.600. The molecule has 1 fully saturated rings. The summed E-state index contributed by atoms with van der Waals surface area (Å²) < 4.78 is 20.3. The molecule has 2 heterocycles. The average molecular weight is 450 g/mol. The molecule has 3 nitrogen and oxygen atoms in total. The molecule has 1 unspecified atom stereocenters. The number of thioether (sulfide) groups is 1. The van der Waals surface area contributed by atoms with Gasteiger partial charge in [-0.25, -0.2) is 4.39 Å². The molecule has 142 valence electrons. The van der Waals surface area contributed by atoms with E-state index in [0.29, 0.717) is 26.1 Å². The molecule has 0 spiro atoms. The Morgan fingerprint density at radius 2 is 1.93 bits per heavy atom. The molecular formula is C21H21BrFNO2S. The first-order valence-corrected chi connectivity index (χ1v) is 10.9. The van der Waals surface area contributed by atoms with E-state index >= 15 is 0 Å². The van der Waals surface area contributed by atoms with E-state index in [1.54, 1.807) is 17.8 Å². The quantitative estimate of drug-likeness (QED) is 0.716. The maximum absolute atomic E-state index is 13.8. The van der Waals surface area contributed by atoms with Crippen LogP contribution in [-0.4, -0.2) is 24.9 Å². The number of ether oxygens (including phenoxy) is 1. The fourth-order valence-corrected chi connectivity index (χ4v) is 5.32. The lowest BCUT2D eigenvalue weighted by Crippen LogP contribution is -2.49. The van der Waals surface area contributed by atoms with Gasteiger partial charge in [0.25, 0.3) is 0 Å². The van der Waals surface area contributed by atoms with Gasteiger partial charge in [0.1, 0.15) is 5.82 Å². The van der Waals surface area contributed by atoms with Gasteiger partial charge >= 0.3 is 0 Å². The zero-order valence-corrected chi connectivity index (χ0v) is 17.2. The lowest BCUT2D eigenvalue weighted by atomic mass is 9.73. The van der Waals surface area contributed by atoms with E-state index in [9.17, 15) is 9.18 Å². The third-order valence-electron chi connectivity index (χ3n) is 5.49. The topological polar surface area (TPSA) is 38.3 Å².